The van der Waals surface area contributed by atoms with Crippen LogP contribution in [0.25, 0.3) is 0 Å². The molecule has 1 aromatic heterocycles. The van der Waals surface area contributed by atoms with Gasteiger partial charge < -0.3 is 29.2 Å². The van der Waals surface area contributed by atoms with E-state index in [2.05, 4.69) is 15.5 Å². The molecule has 2 aromatic rings. The molecule has 1 aliphatic heterocycles. The van der Waals surface area contributed by atoms with Crippen LogP contribution < -0.4 is 24.3 Å². The Morgan fingerprint density at radius 2 is 1.82 bits per heavy atom. The number of nitrogens with one attached hydrogen (secondary N) is 1. The normalized spacial score (nSPS) is 15.8. The van der Waals surface area contributed by atoms with Crippen molar-refractivity contribution in [3.8, 4) is 23.3 Å². The quantitative estimate of drug-likeness (QED) is 0.774. The van der Waals surface area contributed by atoms with E-state index in [1.54, 1.807) is 31.3 Å². The molecular weight excluding hydrogens is 364 g/mol. The second-order valence-corrected chi connectivity index (χ2v) is 6.24. The van der Waals surface area contributed by atoms with E-state index >= 15 is 0 Å². The topological polar surface area (TPSA) is 95.0 Å². The number of ether oxygens (including phenoxy) is 4. The predicted octanol–water partition coefficient (Wildman–Crippen LogP) is 1.87. The van der Waals surface area contributed by atoms with Crippen molar-refractivity contribution in [3.63, 3.8) is 0 Å². The number of hydrogen-bond acceptors (Lipinski definition) is 7. The zero-order valence-electron chi connectivity index (χ0n) is 16.2. The van der Waals surface area contributed by atoms with Gasteiger partial charge in [-0.05, 0) is 17.7 Å². The number of carbonyl (C=O) groups excluding carboxylic acids is 1. The van der Waals surface area contributed by atoms with Gasteiger partial charge in [0.1, 0.15) is 6.10 Å². The molecule has 1 fully saturated rings. The van der Waals surface area contributed by atoms with E-state index in [1.165, 1.54) is 7.11 Å². The molecule has 1 saturated heterocycles. The third-order valence-corrected chi connectivity index (χ3v) is 4.44. The van der Waals surface area contributed by atoms with Crippen LogP contribution in [-0.2, 0) is 6.54 Å². The molecule has 2 amide bonds. The van der Waals surface area contributed by atoms with Crippen molar-refractivity contribution in [1.82, 2.24) is 20.4 Å². The van der Waals surface area contributed by atoms with E-state index in [0.29, 0.717) is 42.9 Å². The van der Waals surface area contributed by atoms with Gasteiger partial charge in [-0.3, -0.25) is 0 Å². The summed E-state index contributed by atoms with van der Waals surface area (Å²) in [5.41, 5.74) is 0.923. The van der Waals surface area contributed by atoms with Gasteiger partial charge in [-0.15, -0.1) is 10.2 Å². The van der Waals surface area contributed by atoms with Crippen LogP contribution in [0.3, 0.4) is 0 Å². The summed E-state index contributed by atoms with van der Waals surface area (Å²) < 4.78 is 21.3. The maximum absolute atomic E-state index is 12.4. The van der Waals surface area contributed by atoms with Gasteiger partial charge >= 0.3 is 6.03 Å². The Bertz CT molecular complexity index is 799. The predicted molar refractivity (Wildman–Crippen MR) is 101 cm³/mol. The van der Waals surface area contributed by atoms with E-state index in [0.717, 1.165) is 12.0 Å². The standard InChI is InChI=1S/C19H24N4O5/c1-25-15-5-4-13(10-16(15)26-2)11-20-19(24)23-9-8-14(12-23)28-18-7-6-17(27-3)21-22-18/h4-7,10,14H,8-9,11-12H2,1-3H3,(H,20,24). The number of aromatic nitrogens is 2. The van der Waals surface area contributed by atoms with Crippen molar-refractivity contribution in [1.29, 1.82) is 0 Å². The number of benzene rings is 1. The van der Waals surface area contributed by atoms with Gasteiger partial charge in [0.15, 0.2) is 11.5 Å². The summed E-state index contributed by atoms with van der Waals surface area (Å²) in [6, 6.07) is 8.80. The molecule has 0 radical (unpaired) electrons. The van der Waals surface area contributed by atoms with Crippen molar-refractivity contribution in [2.45, 2.75) is 19.1 Å². The fourth-order valence-corrected chi connectivity index (χ4v) is 2.94. The zero-order chi connectivity index (χ0) is 19.9. The Kier molecular flexibility index (Phi) is 6.36. The van der Waals surface area contributed by atoms with Gasteiger partial charge in [-0.25, -0.2) is 4.79 Å². The first kappa shape index (κ1) is 19.5. The van der Waals surface area contributed by atoms with Crippen LogP contribution >= 0.6 is 0 Å². The third-order valence-electron chi connectivity index (χ3n) is 4.44. The Hall–Kier alpha value is -3.23. The number of hydrogen-bond donors (Lipinski definition) is 1. The van der Waals surface area contributed by atoms with Crippen LogP contribution in [0.15, 0.2) is 30.3 Å². The van der Waals surface area contributed by atoms with Crippen LogP contribution in [0.1, 0.15) is 12.0 Å². The highest BCUT2D eigenvalue weighted by Gasteiger charge is 2.28. The largest absolute Gasteiger partial charge is 0.493 e. The zero-order valence-corrected chi connectivity index (χ0v) is 16.2. The number of carbonyl (C=O) groups is 1. The average molecular weight is 388 g/mol. The van der Waals surface area contributed by atoms with Gasteiger partial charge in [0.25, 0.3) is 0 Å². The molecule has 1 aromatic carbocycles. The molecule has 1 N–H and O–H groups in total. The summed E-state index contributed by atoms with van der Waals surface area (Å²) in [4.78, 5) is 14.2. The van der Waals surface area contributed by atoms with E-state index in [4.69, 9.17) is 18.9 Å². The van der Waals surface area contributed by atoms with Crippen molar-refractivity contribution in [2.75, 3.05) is 34.4 Å². The first-order valence-electron chi connectivity index (χ1n) is 8.91. The Labute approximate surface area is 163 Å². The number of urea groups is 1. The lowest BCUT2D eigenvalue weighted by molar-refractivity contribution is 0.181. The van der Waals surface area contributed by atoms with Crippen molar-refractivity contribution in [2.24, 2.45) is 0 Å². The van der Waals surface area contributed by atoms with Crippen molar-refractivity contribution in [3.05, 3.63) is 35.9 Å². The average Bonchev–Trinajstić information content (AvgIpc) is 3.20. The smallest absolute Gasteiger partial charge is 0.317 e. The highest BCUT2D eigenvalue weighted by Crippen LogP contribution is 2.27. The molecule has 0 aliphatic carbocycles. The molecule has 9 heteroatoms. The lowest BCUT2D eigenvalue weighted by Crippen LogP contribution is -2.39. The molecule has 28 heavy (non-hydrogen) atoms. The highest BCUT2D eigenvalue weighted by atomic mass is 16.5. The summed E-state index contributed by atoms with van der Waals surface area (Å²) >= 11 is 0. The van der Waals surface area contributed by atoms with Crippen LogP contribution in [0.5, 0.6) is 23.3 Å². The third kappa shape index (κ3) is 4.73. The molecule has 2 heterocycles. The monoisotopic (exact) mass is 388 g/mol. The number of rotatable bonds is 7. The fourth-order valence-electron chi connectivity index (χ4n) is 2.94. The van der Waals surface area contributed by atoms with Crippen LogP contribution in [0.2, 0.25) is 0 Å². The van der Waals surface area contributed by atoms with Gasteiger partial charge in [-0.2, -0.15) is 0 Å². The van der Waals surface area contributed by atoms with Gasteiger partial charge in [0.05, 0.1) is 27.9 Å². The summed E-state index contributed by atoms with van der Waals surface area (Å²) in [5, 5.41) is 10.7. The summed E-state index contributed by atoms with van der Waals surface area (Å²) in [6.07, 6.45) is 0.617. The molecule has 3 rings (SSSR count). The number of methoxy groups -OCH3 is 3. The minimum absolute atomic E-state index is 0.116. The second-order valence-electron chi connectivity index (χ2n) is 6.24. The molecule has 150 valence electrons. The van der Waals surface area contributed by atoms with Crippen molar-refractivity contribution < 1.29 is 23.7 Å². The van der Waals surface area contributed by atoms with E-state index in [9.17, 15) is 4.79 Å². The fraction of sp³-hybridized carbons (Fsp3) is 0.421. The molecule has 0 spiro atoms. The first-order valence-corrected chi connectivity index (χ1v) is 8.91. The molecule has 9 nitrogen and oxygen atoms in total. The lowest BCUT2D eigenvalue weighted by atomic mass is 10.2. The molecule has 1 aliphatic rings. The lowest BCUT2D eigenvalue weighted by Gasteiger charge is -2.18. The molecule has 1 unspecified atom stereocenters. The maximum Gasteiger partial charge on any atom is 0.317 e. The number of amides is 2. The molecule has 1 atom stereocenters. The van der Waals surface area contributed by atoms with E-state index < -0.39 is 0 Å². The summed E-state index contributed by atoms with van der Waals surface area (Å²) in [7, 11) is 4.69. The number of likely N-dealkylation sites (tertiary alicyclic amines) is 1. The van der Waals surface area contributed by atoms with Crippen LogP contribution in [-0.4, -0.2) is 61.7 Å². The van der Waals surface area contributed by atoms with Gasteiger partial charge in [-0.1, -0.05) is 6.07 Å². The Morgan fingerprint density at radius 3 is 2.50 bits per heavy atom. The maximum atomic E-state index is 12.4. The highest BCUT2D eigenvalue weighted by molar-refractivity contribution is 5.74. The first-order chi connectivity index (χ1) is 13.6. The molecule has 0 bridgehead atoms. The SMILES string of the molecule is COc1ccc(OC2CCN(C(=O)NCc3ccc(OC)c(OC)c3)C2)nn1. The molecule has 0 saturated carbocycles. The van der Waals surface area contributed by atoms with E-state index in [1.807, 2.05) is 18.2 Å². The van der Waals surface area contributed by atoms with Crippen LogP contribution in [0.4, 0.5) is 4.79 Å². The summed E-state index contributed by atoms with van der Waals surface area (Å²) in [5.74, 6) is 2.12. The minimum Gasteiger partial charge on any atom is -0.493 e. The minimum atomic E-state index is -0.137. The van der Waals surface area contributed by atoms with Crippen LogP contribution in [0, 0.1) is 0 Å². The van der Waals surface area contributed by atoms with Gasteiger partial charge in [0, 0.05) is 31.6 Å². The summed E-state index contributed by atoms with van der Waals surface area (Å²) in [6.45, 7) is 1.50. The Morgan fingerprint density at radius 1 is 1.07 bits per heavy atom. The van der Waals surface area contributed by atoms with Gasteiger partial charge in [0.2, 0.25) is 11.8 Å². The number of nitrogens with zero attached hydrogens (tertiary/aromatic N) is 3. The Balaban J connectivity index is 1.49. The van der Waals surface area contributed by atoms with Crippen molar-refractivity contribution >= 4 is 6.03 Å². The molecular formula is C19H24N4O5. The van der Waals surface area contributed by atoms with E-state index in [-0.39, 0.29) is 12.1 Å². The second kappa shape index (κ2) is 9.12.